The third kappa shape index (κ3) is 2.57. The average Bonchev–Trinajstić information content (AvgIpc) is 2.67. The lowest BCUT2D eigenvalue weighted by Crippen LogP contribution is -2.14. The van der Waals surface area contributed by atoms with Crippen LogP contribution >= 0.6 is 11.6 Å². The summed E-state index contributed by atoms with van der Waals surface area (Å²) in [6, 6.07) is 6.46. The molecule has 2 aromatic rings. The van der Waals surface area contributed by atoms with Gasteiger partial charge in [0.2, 0.25) is 0 Å². The molecule has 1 heterocycles. The van der Waals surface area contributed by atoms with Crippen LogP contribution in [0.3, 0.4) is 0 Å². The summed E-state index contributed by atoms with van der Waals surface area (Å²) < 4.78 is 0. The number of aromatic amines is 1. The molecule has 1 aromatic heterocycles. The summed E-state index contributed by atoms with van der Waals surface area (Å²) in [7, 11) is 0. The minimum absolute atomic E-state index is 0.332. The van der Waals surface area contributed by atoms with Crippen LogP contribution in [-0.4, -0.2) is 16.1 Å². The van der Waals surface area contributed by atoms with Crippen molar-refractivity contribution in [3.8, 4) is 0 Å². The van der Waals surface area contributed by atoms with Gasteiger partial charge in [0.05, 0.1) is 5.56 Å². The van der Waals surface area contributed by atoms with E-state index in [0.29, 0.717) is 22.1 Å². The van der Waals surface area contributed by atoms with E-state index >= 15 is 0 Å². The smallest absolute Gasteiger partial charge is 0.259 e. The number of nitrogens with two attached hydrogens (primary N) is 1. The van der Waals surface area contributed by atoms with Gasteiger partial charge in [-0.1, -0.05) is 11.6 Å². The van der Waals surface area contributed by atoms with E-state index in [9.17, 15) is 4.79 Å². The first kappa shape index (κ1) is 11.5. The largest absolute Gasteiger partial charge is 0.398 e. The second-order valence-corrected chi connectivity index (χ2v) is 4.06. The molecule has 0 fully saturated rings. The summed E-state index contributed by atoms with van der Waals surface area (Å²) in [4.78, 5) is 11.9. The number of halogens is 1. The maximum atomic E-state index is 11.9. The molecule has 88 valence electrons. The molecule has 0 radical (unpaired) electrons. The first-order valence-electron chi connectivity index (χ1n) is 4.94. The Hall–Kier alpha value is -2.01. The molecule has 0 unspecified atom stereocenters. The summed E-state index contributed by atoms with van der Waals surface area (Å²) in [5.74, 6) is 0.114. The molecule has 2 rings (SSSR count). The van der Waals surface area contributed by atoms with Crippen molar-refractivity contribution in [3.05, 3.63) is 40.5 Å². The highest BCUT2D eigenvalue weighted by Gasteiger charge is 2.11. The number of rotatable bonds is 2. The van der Waals surface area contributed by atoms with Gasteiger partial charge in [-0.15, -0.1) is 0 Å². The molecule has 6 heteroatoms. The standard InChI is InChI=1S/C11H11ClN4O/c1-6-4-10(16-15-6)14-11(17)8-5-7(12)2-3-9(8)13/h2-5H,13H2,1H3,(H2,14,15,16,17). The van der Waals surface area contributed by atoms with Crippen LogP contribution in [0.15, 0.2) is 24.3 Å². The molecule has 4 N–H and O–H groups in total. The Kier molecular flexibility index (Phi) is 3.01. The number of nitrogen functional groups attached to an aromatic ring is 1. The summed E-state index contributed by atoms with van der Waals surface area (Å²) in [6.07, 6.45) is 0. The molecular formula is C11H11ClN4O. The van der Waals surface area contributed by atoms with E-state index in [-0.39, 0.29) is 5.91 Å². The molecule has 0 bridgehead atoms. The van der Waals surface area contributed by atoms with Gasteiger partial charge in [0.15, 0.2) is 5.82 Å². The van der Waals surface area contributed by atoms with E-state index in [1.165, 1.54) is 6.07 Å². The molecule has 0 aliphatic heterocycles. The number of carbonyl (C=O) groups is 1. The molecule has 1 aromatic carbocycles. The Morgan fingerprint density at radius 1 is 1.47 bits per heavy atom. The molecule has 1 amide bonds. The number of aryl methyl sites for hydroxylation is 1. The minimum Gasteiger partial charge on any atom is -0.398 e. The third-order valence-electron chi connectivity index (χ3n) is 2.21. The predicted molar refractivity (Wildman–Crippen MR) is 67.1 cm³/mol. The van der Waals surface area contributed by atoms with E-state index in [1.54, 1.807) is 18.2 Å². The number of anilines is 2. The van der Waals surface area contributed by atoms with Crippen molar-refractivity contribution in [2.45, 2.75) is 6.92 Å². The van der Waals surface area contributed by atoms with Gasteiger partial charge < -0.3 is 11.1 Å². The maximum Gasteiger partial charge on any atom is 0.259 e. The van der Waals surface area contributed by atoms with Crippen LogP contribution < -0.4 is 11.1 Å². The summed E-state index contributed by atoms with van der Waals surface area (Å²) in [5.41, 5.74) is 7.27. The van der Waals surface area contributed by atoms with Crippen molar-refractivity contribution < 1.29 is 4.79 Å². The van der Waals surface area contributed by atoms with Gasteiger partial charge in [0.25, 0.3) is 5.91 Å². The van der Waals surface area contributed by atoms with Gasteiger partial charge in [0, 0.05) is 22.5 Å². The fourth-order valence-corrected chi connectivity index (χ4v) is 1.56. The van der Waals surface area contributed by atoms with Gasteiger partial charge in [-0.3, -0.25) is 9.89 Å². The van der Waals surface area contributed by atoms with Crippen molar-refractivity contribution in [2.24, 2.45) is 0 Å². The Labute approximate surface area is 103 Å². The number of amides is 1. The molecule has 0 aliphatic rings. The number of H-pyrrole nitrogens is 1. The van der Waals surface area contributed by atoms with Crippen molar-refractivity contribution in [3.63, 3.8) is 0 Å². The van der Waals surface area contributed by atoms with Gasteiger partial charge in [-0.2, -0.15) is 5.10 Å². The highest BCUT2D eigenvalue weighted by molar-refractivity contribution is 6.31. The Bertz CT molecular complexity index is 564. The second-order valence-electron chi connectivity index (χ2n) is 3.62. The number of benzene rings is 1. The third-order valence-corrected chi connectivity index (χ3v) is 2.44. The first-order valence-corrected chi connectivity index (χ1v) is 5.32. The number of aromatic nitrogens is 2. The first-order chi connectivity index (χ1) is 8.06. The molecule has 17 heavy (non-hydrogen) atoms. The molecule has 0 saturated carbocycles. The van der Waals surface area contributed by atoms with Crippen molar-refractivity contribution in [1.29, 1.82) is 0 Å². The van der Waals surface area contributed by atoms with Crippen LogP contribution in [-0.2, 0) is 0 Å². The highest BCUT2D eigenvalue weighted by Crippen LogP contribution is 2.19. The molecule has 0 atom stereocenters. The van der Waals surface area contributed by atoms with Crippen molar-refractivity contribution in [2.75, 3.05) is 11.1 Å². The van der Waals surface area contributed by atoms with Crippen LogP contribution in [0, 0.1) is 6.92 Å². The quantitative estimate of drug-likeness (QED) is 0.715. The zero-order chi connectivity index (χ0) is 12.4. The van der Waals surface area contributed by atoms with E-state index < -0.39 is 0 Å². The van der Waals surface area contributed by atoms with Gasteiger partial charge in [0.1, 0.15) is 0 Å². The minimum atomic E-state index is -0.337. The molecule has 0 spiro atoms. The molecule has 5 nitrogen and oxygen atoms in total. The van der Waals surface area contributed by atoms with E-state index in [4.69, 9.17) is 17.3 Å². The van der Waals surface area contributed by atoms with Crippen LogP contribution in [0.25, 0.3) is 0 Å². The normalized spacial score (nSPS) is 10.2. The van der Waals surface area contributed by atoms with E-state index in [0.717, 1.165) is 5.69 Å². The SMILES string of the molecule is Cc1cc(NC(=O)c2cc(Cl)ccc2N)n[nH]1. The second kappa shape index (κ2) is 4.47. The zero-order valence-corrected chi connectivity index (χ0v) is 9.88. The van der Waals surface area contributed by atoms with Gasteiger partial charge in [-0.25, -0.2) is 0 Å². The fourth-order valence-electron chi connectivity index (χ4n) is 1.39. The van der Waals surface area contributed by atoms with Gasteiger partial charge in [-0.05, 0) is 25.1 Å². The predicted octanol–water partition coefficient (Wildman–Crippen LogP) is 2.21. The van der Waals surface area contributed by atoms with Crippen LogP contribution in [0.1, 0.15) is 16.1 Å². The van der Waals surface area contributed by atoms with Crippen LogP contribution in [0.2, 0.25) is 5.02 Å². The number of hydrogen-bond donors (Lipinski definition) is 3. The Morgan fingerprint density at radius 2 is 2.24 bits per heavy atom. The molecule has 0 aliphatic carbocycles. The zero-order valence-electron chi connectivity index (χ0n) is 9.12. The fraction of sp³-hybridized carbons (Fsp3) is 0.0909. The lowest BCUT2D eigenvalue weighted by molar-refractivity contribution is 0.102. The van der Waals surface area contributed by atoms with Crippen molar-refractivity contribution in [1.82, 2.24) is 10.2 Å². The van der Waals surface area contributed by atoms with E-state index in [2.05, 4.69) is 15.5 Å². The monoisotopic (exact) mass is 250 g/mol. The average molecular weight is 251 g/mol. The van der Waals surface area contributed by atoms with Crippen LogP contribution in [0.5, 0.6) is 0 Å². The highest BCUT2D eigenvalue weighted by atomic mass is 35.5. The topological polar surface area (TPSA) is 83.8 Å². The Balaban J connectivity index is 2.22. The number of hydrogen-bond acceptors (Lipinski definition) is 3. The molecule has 0 saturated heterocycles. The summed E-state index contributed by atoms with van der Waals surface area (Å²) in [5, 5.41) is 9.72. The number of carbonyl (C=O) groups excluding carboxylic acids is 1. The van der Waals surface area contributed by atoms with Crippen molar-refractivity contribution >= 4 is 29.0 Å². The summed E-state index contributed by atoms with van der Waals surface area (Å²) >= 11 is 5.81. The van der Waals surface area contributed by atoms with Gasteiger partial charge >= 0.3 is 0 Å². The lowest BCUT2D eigenvalue weighted by atomic mass is 10.1. The van der Waals surface area contributed by atoms with E-state index in [1.807, 2.05) is 6.92 Å². The lowest BCUT2D eigenvalue weighted by Gasteiger charge is -2.05. The molecular weight excluding hydrogens is 240 g/mol. The maximum absolute atomic E-state index is 11.9. The number of nitrogens with zero attached hydrogens (tertiary/aromatic N) is 1. The van der Waals surface area contributed by atoms with Crippen LogP contribution in [0.4, 0.5) is 11.5 Å². The summed E-state index contributed by atoms with van der Waals surface area (Å²) in [6.45, 7) is 1.84. The number of nitrogens with one attached hydrogen (secondary N) is 2. The Morgan fingerprint density at radius 3 is 2.88 bits per heavy atom.